The van der Waals surface area contributed by atoms with E-state index in [0.29, 0.717) is 23.5 Å². The van der Waals surface area contributed by atoms with Crippen LogP contribution in [0.25, 0.3) is 0 Å². The third kappa shape index (κ3) is 3.05. The van der Waals surface area contributed by atoms with Gasteiger partial charge in [0.05, 0.1) is 6.10 Å². The maximum Gasteiger partial charge on any atom is 0.191 e. The van der Waals surface area contributed by atoms with Gasteiger partial charge in [-0.1, -0.05) is 36.8 Å². The number of rotatable bonds is 4. The Labute approximate surface area is 161 Å². The van der Waals surface area contributed by atoms with Crippen LogP contribution in [0, 0.1) is 11.3 Å². The topological polar surface area (TPSA) is 45.7 Å². The van der Waals surface area contributed by atoms with Gasteiger partial charge in [-0.2, -0.15) is 0 Å². The Hall–Kier alpha value is -0.820. The number of nitrogens with one attached hydrogen (secondary N) is 2. The van der Waals surface area contributed by atoms with Crippen LogP contribution in [0.4, 0.5) is 0 Å². The van der Waals surface area contributed by atoms with Crippen LogP contribution >= 0.6 is 24.0 Å². The Morgan fingerprint density at radius 2 is 2.08 bits per heavy atom. The molecule has 3 fully saturated rings. The van der Waals surface area contributed by atoms with E-state index >= 15 is 0 Å². The summed E-state index contributed by atoms with van der Waals surface area (Å²) in [6.07, 6.45) is 6.71. The molecule has 132 valence electrons. The number of hydrogen-bond acceptors (Lipinski definition) is 2. The van der Waals surface area contributed by atoms with E-state index in [4.69, 9.17) is 4.74 Å². The van der Waals surface area contributed by atoms with Crippen molar-refractivity contribution in [2.24, 2.45) is 16.3 Å². The second-order valence-electron chi connectivity index (χ2n) is 7.19. The maximum absolute atomic E-state index is 5.99. The second-order valence-corrected chi connectivity index (χ2v) is 7.19. The summed E-state index contributed by atoms with van der Waals surface area (Å²) in [5.41, 5.74) is 1.76. The van der Waals surface area contributed by atoms with Gasteiger partial charge in [-0.3, -0.25) is 4.99 Å². The predicted molar refractivity (Wildman–Crippen MR) is 108 cm³/mol. The minimum Gasteiger partial charge on any atom is -0.377 e. The predicted octanol–water partition coefficient (Wildman–Crippen LogP) is 2.97. The van der Waals surface area contributed by atoms with E-state index < -0.39 is 0 Å². The molecule has 3 aliphatic rings. The van der Waals surface area contributed by atoms with Gasteiger partial charge in [0.25, 0.3) is 0 Å². The first-order valence-corrected chi connectivity index (χ1v) is 8.96. The molecule has 0 aromatic heterocycles. The highest BCUT2D eigenvalue weighted by Crippen LogP contribution is 2.62. The van der Waals surface area contributed by atoms with Gasteiger partial charge in [-0.05, 0) is 31.2 Å². The Morgan fingerprint density at radius 1 is 1.29 bits per heavy atom. The van der Waals surface area contributed by atoms with Gasteiger partial charge >= 0.3 is 0 Å². The zero-order valence-corrected chi connectivity index (χ0v) is 16.7. The molecular formula is C19H28IN3O. The van der Waals surface area contributed by atoms with Crippen molar-refractivity contribution in [2.45, 2.75) is 44.2 Å². The molecule has 1 aliphatic heterocycles. The molecule has 1 aromatic carbocycles. The second kappa shape index (κ2) is 7.60. The number of benzene rings is 1. The van der Waals surface area contributed by atoms with Gasteiger partial charge in [0, 0.05) is 37.6 Å². The number of nitrogens with zero attached hydrogens (tertiary/aromatic N) is 1. The monoisotopic (exact) mass is 441 g/mol. The van der Waals surface area contributed by atoms with Gasteiger partial charge in [0.15, 0.2) is 5.96 Å². The van der Waals surface area contributed by atoms with Crippen molar-refractivity contribution < 1.29 is 4.74 Å². The molecule has 2 aliphatic carbocycles. The molecule has 2 saturated carbocycles. The van der Waals surface area contributed by atoms with Crippen LogP contribution in [0.3, 0.4) is 0 Å². The third-order valence-electron chi connectivity index (χ3n) is 6.10. The van der Waals surface area contributed by atoms with Crippen LogP contribution in [0.1, 0.15) is 31.2 Å². The minimum atomic E-state index is 0. The number of fused-ring (bicyclic) bond motifs is 2. The van der Waals surface area contributed by atoms with E-state index in [1.54, 1.807) is 0 Å². The average Bonchev–Trinajstić information content (AvgIpc) is 2.95. The summed E-state index contributed by atoms with van der Waals surface area (Å²) in [7, 11) is 1.87. The Kier molecular flexibility index (Phi) is 5.70. The van der Waals surface area contributed by atoms with E-state index in [1.165, 1.54) is 31.2 Å². The lowest BCUT2D eigenvalue weighted by atomic mass is 9.46. The van der Waals surface area contributed by atoms with Gasteiger partial charge in [0.1, 0.15) is 0 Å². The SMILES string of the molecule is CN=C(NCCc1ccccc1)NC1C2CCOC2C12CCC2.I. The van der Waals surface area contributed by atoms with Crippen LogP contribution < -0.4 is 10.6 Å². The number of ether oxygens (including phenoxy) is 1. The van der Waals surface area contributed by atoms with E-state index in [2.05, 4.69) is 46.0 Å². The van der Waals surface area contributed by atoms with Crippen molar-refractivity contribution in [3.8, 4) is 0 Å². The van der Waals surface area contributed by atoms with Crippen LogP contribution in [-0.4, -0.2) is 38.3 Å². The summed E-state index contributed by atoms with van der Waals surface area (Å²) in [5.74, 6) is 1.63. The highest BCUT2D eigenvalue weighted by atomic mass is 127. The summed E-state index contributed by atoms with van der Waals surface area (Å²) in [6, 6.07) is 11.1. The normalized spacial score (nSPS) is 29.9. The molecule has 0 radical (unpaired) electrons. The molecular weight excluding hydrogens is 413 g/mol. The van der Waals surface area contributed by atoms with Gasteiger partial charge in [-0.15, -0.1) is 24.0 Å². The van der Waals surface area contributed by atoms with Crippen molar-refractivity contribution in [3.05, 3.63) is 35.9 Å². The van der Waals surface area contributed by atoms with E-state index in [0.717, 1.165) is 25.5 Å². The fourth-order valence-corrected chi connectivity index (χ4v) is 4.77. The molecule has 1 spiro atoms. The van der Waals surface area contributed by atoms with Crippen LogP contribution in [0.5, 0.6) is 0 Å². The molecule has 1 heterocycles. The number of halogens is 1. The molecule has 2 N–H and O–H groups in total. The Bertz CT molecular complexity index is 573. The fraction of sp³-hybridized carbons (Fsp3) is 0.632. The van der Waals surface area contributed by atoms with Crippen LogP contribution in [0.15, 0.2) is 35.3 Å². The van der Waals surface area contributed by atoms with E-state index in [-0.39, 0.29) is 24.0 Å². The molecule has 3 atom stereocenters. The Morgan fingerprint density at radius 3 is 2.75 bits per heavy atom. The summed E-state index contributed by atoms with van der Waals surface area (Å²) in [5, 5.41) is 7.19. The van der Waals surface area contributed by atoms with Crippen molar-refractivity contribution in [1.82, 2.24) is 10.6 Å². The largest absolute Gasteiger partial charge is 0.377 e. The molecule has 3 unspecified atom stereocenters. The minimum absolute atomic E-state index is 0. The standard InChI is InChI=1S/C19H27N3O.HI/c1-20-18(21-12-8-14-6-3-2-4-7-14)22-16-15-9-13-23-17(15)19(16)10-5-11-19;/h2-4,6-7,15-17H,5,8-13H2,1H3,(H2,20,21,22);1H. The smallest absolute Gasteiger partial charge is 0.191 e. The third-order valence-corrected chi connectivity index (χ3v) is 6.10. The van der Waals surface area contributed by atoms with Crippen LogP contribution in [0.2, 0.25) is 0 Å². The lowest BCUT2D eigenvalue weighted by Gasteiger charge is -2.63. The highest BCUT2D eigenvalue weighted by Gasteiger charge is 2.66. The van der Waals surface area contributed by atoms with Crippen LogP contribution in [-0.2, 0) is 11.2 Å². The quantitative estimate of drug-likeness (QED) is 0.429. The molecule has 24 heavy (non-hydrogen) atoms. The first-order chi connectivity index (χ1) is 11.3. The van der Waals surface area contributed by atoms with Crippen molar-refractivity contribution in [3.63, 3.8) is 0 Å². The molecule has 1 aromatic rings. The highest BCUT2D eigenvalue weighted by molar-refractivity contribution is 14.0. The van der Waals surface area contributed by atoms with Gasteiger partial charge in [-0.25, -0.2) is 0 Å². The van der Waals surface area contributed by atoms with Gasteiger partial charge < -0.3 is 15.4 Å². The first-order valence-electron chi connectivity index (χ1n) is 8.96. The first kappa shape index (κ1) is 18.0. The lowest BCUT2D eigenvalue weighted by Crippen LogP contribution is -2.72. The summed E-state index contributed by atoms with van der Waals surface area (Å²) in [4.78, 5) is 4.43. The van der Waals surface area contributed by atoms with Crippen molar-refractivity contribution >= 4 is 29.9 Å². The summed E-state index contributed by atoms with van der Waals surface area (Å²) < 4.78 is 5.99. The molecule has 5 heteroatoms. The summed E-state index contributed by atoms with van der Waals surface area (Å²) in [6.45, 7) is 1.85. The molecule has 0 bridgehead atoms. The van der Waals surface area contributed by atoms with Crippen molar-refractivity contribution in [2.75, 3.05) is 20.2 Å². The summed E-state index contributed by atoms with van der Waals surface area (Å²) >= 11 is 0. The number of hydrogen-bond donors (Lipinski definition) is 2. The average molecular weight is 441 g/mol. The van der Waals surface area contributed by atoms with E-state index in [1.807, 2.05) is 7.05 Å². The zero-order valence-electron chi connectivity index (χ0n) is 14.3. The molecule has 0 amide bonds. The van der Waals surface area contributed by atoms with Gasteiger partial charge in [0.2, 0.25) is 0 Å². The molecule has 1 saturated heterocycles. The van der Waals surface area contributed by atoms with Crippen molar-refractivity contribution in [1.29, 1.82) is 0 Å². The fourth-order valence-electron chi connectivity index (χ4n) is 4.77. The number of aliphatic imine (C=N–C) groups is 1. The number of guanidine groups is 1. The molecule has 4 nitrogen and oxygen atoms in total. The lowest BCUT2D eigenvalue weighted by molar-refractivity contribution is -0.171. The maximum atomic E-state index is 5.99. The Balaban J connectivity index is 0.00000169. The van der Waals surface area contributed by atoms with E-state index in [9.17, 15) is 0 Å². The molecule has 4 rings (SSSR count). The zero-order chi connectivity index (χ0) is 15.7.